The predicted octanol–water partition coefficient (Wildman–Crippen LogP) is 3.54. The van der Waals surface area contributed by atoms with Crippen molar-refractivity contribution >= 4 is 29.9 Å². The third kappa shape index (κ3) is 8.16. The lowest BCUT2D eigenvalue weighted by molar-refractivity contribution is 0.472. The number of hydrogen-bond donors (Lipinski definition) is 2. The zero-order valence-corrected chi connectivity index (χ0v) is 14.3. The van der Waals surface area contributed by atoms with Gasteiger partial charge >= 0.3 is 0 Å². The van der Waals surface area contributed by atoms with Crippen molar-refractivity contribution < 1.29 is 0 Å². The van der Waals surface area contributed by atoms with E-state index in [4.69, 9.17) is 0 Å². The standard InChI is InChI=1S/C14H29N3.HI/c1-3-11-16-14(15-2)17-12-7-6-10-13-8-4-5-9-13;/h13H,3-12H2,1-2H3,(H2,15,16,17);1H. The van der Waals surface area contributed by atoms with Gasteiger partial charge in [0.2, 0.25) is 0 Å². The van der Waals surface area contributed by atoms with Gasteiger partial charge in [-0.05, 0) is 18.8 Å². The molecule has 0 unspecified atom stereocenters. The Morgan fingerprint density at radius 2 is 1.78 bits per heavy atom. The van der Waals surface area contributed by atoms with Gasteiger partial charge in [0.15, 0.2) is 5.96 Å². The van der Waals surface area contributed by atoms with Crippen molar-refractivity contribution in [2.24, 2.45) is 10.9 Å². The number of guanidine groups is 1. The minimum absolute atomic E-state index is 0. The number of rotatable bonds is 7. The molecular formula is C14H30IN3. The zero-order chi connectivity index (χ0) is 12.3. The lowest BCUT2D eigenvalue weighted by atomic mass is 10.0. The Bertz CT molecular complexity index is 213. The molecule has 0 spiro atoms. The number of nitrogens with zero attached hydrogens (tertiary/aromatic N) is 1. The Labute approximate surface area is 130 Å². The number of hydrogen-bond acceptors (Lipinski definition) is 1. The summed E-state index contributed by atoms with van der Waals surface area (Å²) in [7, 11) is 1.84. The van der Waals surface area contributed by atoms with Crippen LogP contribution in [0.25, 0.3) is 0 Å². The van der Waals surface area contributed by atoms with E-state index in [0.29, 0.717) is 0 Å². The Hall–Kier alpha value is 0. The molecule has 1 aliphatic rings. The zero-order valence-electron chi connectivity index (χ0n) is 12.0. The fraction of sp³-hybridized carbons (Fsp3) is 0.929. The largest absolute Gasteiger partial charge is 0.356 e. The minimum atomic E-state index is 0. The number of halogens is 1. The highest BCUT2D eigenvalue weighted by molar-refractivity contribution is 14.0. The molecule has 0 atom stereocenters. The second kappa shape index (κ2) is 12.1. The van der Waals surface area contributed by atoms with Crippen LogP contribution in [0.2, 0.25) is 0 Å². The summed E-state index contributed by atoms with van der Waals surface area (Å²) in [6.07, 6.45) is 11.1. The van der Waals surface area contributed by atoms with E-state index in [0.717, 1.165) is 31.4 Å². The molecule has 1 rings (SSSR count). The summed E-state index contributed by atoms with van der Waals surface area (Å²) in [4.78, 5) is 4.20. The van der Waals surface area contributed by atoms with E-state index in [1.165, 1.54) is 44.9 Å². The smallest absolute Gasteiger partial charge is 0.190 e. The van der Waals surface area contributed by atoms with Crippen LogP contribution in [0.3, 0.4) is 0 Å². The summed E-state index contributed by atoms with van der Waals surface area (Å²) < 4.78 is 0. The van der Waals surface area contributed by atoms with Crippen LogP contribution in [0.4, 0.5) is 0 Å². The molecule has 108 valence electrons. The van der Waals surface area contributed by atoms with Crippen LogP contribution in [0.5, 0.6) is 0 Å². The van der Waals surface area contributed by atoms with E-state index >= 15 is 0 Å². The Morgan fingerprint density at radius 1 is 1.11 bits per heavy atom. The van der Waals surface area contributed by atoms with Gasteiger partial charge in [-0.25, -0.2) is 0 Å². The summed E-state index contributed by atoms with van der Waals surface area (Å²) in [5.74, 6) is 1.99. The van der Waals surface area contributed by atoms with Gasteiger partial charge in [0.05, 0.1) is 0 Å². The summed E-state index contributed by atoms with van der Waals surface area (Å²) in [6.45, 7) is 4.22. The molecule has 3 nitrogen and oxygen atoms in total. The summed E-state index contributed by atoms with van der Waals surface area (Å²) in [5, 5.41) is 6.66. The van der Waals surface area contributed by atoms with Crippen LogP contribution in [-0.4, -0.2) is 26.1 Å². The summed E-state index contributed by atoms with van der Waals surface area (Å²) in [5.41, 5.74) is 0. The molecule has 0 bridgehead atoms. The molecule has 0 aromatic carbocycles. The lowest BCUT2D eigenvalue weighted by Crippen LogP contribution is -2.38. The molecule has 0 radical (unpaired) electrons. The van der Waals surface area contributed by atoms with Gasteiger partial charge in [0.25, 0.3) is 0 Å². The second-order valence-corrected chi connectivity index (χ2v) is 5.07. The maximum Gasteiger partial charge on any atom is 0.190 e. The Kier molecular flexibility index (Phi) is 12.1. The highest BCUT2D eigenvalue weighted by Gasteiger charge is 2.13. The number of unbranched alkanes of at least 4 members (excludes halogenated alkanes) is 1. The van der Waals surface area contributed by atoms with Gasteiger partial charge in [0.1, 0.15) is 0 Å². The summed E-state index contributed by atoms with van der Waals surface area (Å²) in [6, 6.07) is 0. The Balaban J connectivity index is 0.00000289. The quantitative estimate of drug-likeness (QED) is 0.313. The first kappa shape index (κ1) is 18.0. The van der Waals surface area contributed by atoms with E-state index in [-0.39, 0.29) is 24.0 Å². The average molecular weight is 367 g/mol. The molecule has 0 amide bonds. The van der Waals surface area contributed by atoms with Gasteiger partial charge in [-0.15, -0.1) is 24.0 Å². The molecular weight excluding hydrogens is 337 g/mol. The SMILES string of the molecule is CCCNC(=NC)NCCCCC1CCCC1.I. The maximum atomic E-state index is 4.20. The lowest BCUT2D eigenvalue weighted by Gasteiger charge is -2.12. The van der Waals surface area contributed by atoms with Crippen LogP contribution < -0.4 is 10.6 Å². The van der Waals surface area contributed by atoms with Gasteiger partial charge in [-0.3, -0.25) is 4.99 Å². The summed E-state index contributed by atoms with van der Waals surface area (Å²) >= 11 is 0. The monoisotopic (exact) mass is 367 g/mol. The fourth-order valence-corrected chi connectivity index (χ4v) is 2.53. The van der Waals surface area contributed by atoms with E-state index < -0.39 is 0 Å². The van der Waals surface area contributed by atoms with Crippen molar-refractivity contribution in [2.75, 3.05) is 20.1 Å². The van der Waals surface area contributed by atoms with Crippen LogP contribution in [0.15, 0.2) is 4.99 Å². The predicted molar refractivity (Wildman–Crippen MR) is 90.9 cm³/mol. The van der Waals surface area contributed by atoms with Gasteiger partial charge in [-0.2, -0.15) is 0 Å². The molecule has 1 fully saturated rings. The highest BCUT2D eigenvalue weighted by Crippen LogP contribution is 2.28. The van der Waals surface area contributed by atoms with Crippen LogP contribution in [0, 0.1) is 5.92 Å². The van der Waals surface area contributed by atoms with Crippen molar-refractivity contribution in [1.29, 1.82) is 0 Å². The molecule has 0 aliphatic heterocycles. The fourth-order valence-electron chi connectivity index (χ4n) is 2.53. The van der Waals surface area contributed by atoms with Crippen molar-refractivity contribution in [3.05, 3.63) is 0 Å². The van der Waals surface area contributed by atoms with Crippen LogP contribution in [0.1, 0.15) is 58.3 Å². The normalized spacial score (nSPS) is 16.4. The van der Waals surface area contributed by atoms with Crippen LogP contribution in [-0.2, 0) is 0 Å². The molecule has 0 heterocycles. The van der Waals surface area contributed by atoms with E-state index in [1.807, 2.05) is 7.05 Å². The molecule has 18 heavy (non-hydrogen) atoms. The molecule has 0 aromatic rings. The second-order valence-electron chi connectivity index (χ2n) is 5.07. The average Bonchev–Trinajstić information content (AvgIpc) is 2.85. The molecule has 1 saturated carbocycles. The first-order chi connectivity index (χ1) is 8.36. The van der Waals surface area contributed by atoms with E-state index in [9.17, 15) is 0 Å². The molecule has 2 N–H and O–H groups in total. The van der Waals surface area contributed by atoms with Crippen molar-refractivity contribution in [3.8, 4) is 0 Å². The van der Waals surface area contributed by atoms with E-state index in [2.05, 4.69) is 22.5 Å². The minimum Gasteiger partial charge on any atom is -0.356 e. The van der Waals surface area contributed by atoms with Gasteiger partial charge in [-0.1, -0.05) is 45.4 Å². The number of aliphatic imine (C=N–C) groups is 1. The van der Waals surface area contributed by atoms with Crippen molar-refractivity contribution in [3.63, 3.8) is 0 Å². The third-order valence-electron chi connectivity index (χ3n) is 3.57. The number of nitrogens with one attached hydrogen (secondary N) is 2. The van der Waals surface area contributed by atoms with Crippen molar-refractivity contribution in [2.45, 2.75) is 58.3 Å². The van der Waals surface area contributed by atoms with Crippen LogP contribution >= 0.6 is 24.0 Å². The van der Waals surface area contributed by atoms with Crippen molar-refractivity contribution in [1.82, 2.24) is 10.6 Å². The molecule has 1 aliphatic carbocycles. The Morgan fingerprint density at radius 3 is 2.39 bits per heavy atom. The maximum absolute atomic E-state index is 4.20. The first-order valence-electron chi connectivity index (χ1n) is 7.31. The molecule has 0 saturated heterocycles. The molecule has 0 aromatic heterocycles. The third-order valence-corrected chi connectivity index (χ3v) is 3.57. The van der Waals surface area contributed by atoms with E-state index in [1.54, 1.807) is 0 Å². The topological polar surface area (TPSA) is 36.4 Å². The van der Waals surface area contributed by atoms with Gasteiger partial charge in [0, 0.05) is 20.1 Å². The highest BCUT2D eigenvalue weighted by atomic mass is 127. The molecule has 4 heteroatoms. The van der Waals surface area contributed by atoms with Gasteiger partial charge < -0.3 is 10.6 Å². The first-order valence-corrected chi connectivity index (χ1v) is 7.31.